The first-order valence-corrected chi connectivity index (χ1v) is 36.6. The minimum absolute atomic E-state index is 0.202. The van der Waals surface area contributed by atoms with Gasteiger partial charge in [-0.2, -0.15) is 9.97 Å². The number of fused-ring (bicyclic) bond motifs is 18. The number of benzene rings is 16. The van der Waals surface area contributed by atoms with E-state index in [1.807, 2.05) is 146 Å². The standard InChI is InChI=1S/C45H27N3O.C36H29BO3.C15H10ClN3/c1-3-13-28(14-4-1)43-46-44(29-15-5-2-6-16-29)48-45(47-43)38-23-12-21-36-33-18-8-7-17-32(33)34-26-25-30(27-39(34)41(36)38)31-20-11-22-37-35-19-9-10-24-40(35)49-42(31)37;1-35(2)36(3,4)40-37(39-35)31-17-10-15-28-25-12-6-5-11-24(25)26-20-19-22(21-30(26)33(28)31)23-14-9-16-29-27-13-7-8-18-32(27)38-34(23)29;16-15-18-13(11-7-3-1-4-8-11)17-14(19-15)12-9-5-2-6-10-12/h1-27H;5-21H,1-4H3;1-10H. The molecule has 1 saturated heterocycles. The number of rotatable bonds is 8. The van der Waals surface area contributed by atoms with E-state index in [9.17, 15) is 0 Å². The Labute approximate surface area is 627 Å². The lowest BCUT2D eigenvalue weighted by Gasteiger charge is -2.32. The molecule has 0 radical (unpaired) electrons. The minimum Gasteiger partial charge on any atom is -0.455 e. The molecule has 4 aromatic heterocycles. The lowest BCUT2D eigenvalue weighted by atomic mass is 9.74. The molecule has 0 unspecified atom stereocenters. The van der Waals surface area contributed by atoms with Crippen LogP contribution in [-0.2, 0) is 9.31 Å². The van der Waals surface area contributed by atoms with E-state index >= 15 is 0 Å². The third kappa shape index (κ3) is 11.6. The second-order valence-electron chi connectivity index (χ2n) is 28.3. The molecule has 5 heterocycles. The largest absolute Gasteiger partial charge is 0.495 e. The molecule has 514 valence electrons. The maximum absolute atomic E-state index is 6.59. The molecule has 21 rings (SSSR count). The maximum atomic E-state index is 6.59. The van der Waals surface area contributed by atoms with Crippen LogP contribution in [0.3, 0.4) is 0 Å². The SMILES string of the molecule is CC1(C)OB(c2cccc3c4ccccc4c4ccc(-c5cccc6c5oc5ccccc56)cc4c23)OC1(C)C.Clc1nc(-c2ccccc2)nc(-c2ccccc2)n1.c1ccc(-c2nc(-c3ccccc3)nc(-c3cccc4c5ccccc5c5ccc(-c6cccc7c6oc6ccccc67)cc5c34)n2)cc1. The molecule has 0 N–H and O–H groups in total. The second-order valence-corrected chi connectivity index (χ2v) is 28.6. The Bertz CT molecular complexity index is 6780. The average Bonchev–Trinajstić information content (AvgIpc) is 0.941. The summed E-state index contributed by atoms with van der Waals surface area (Å²) < 4.78 is 26.1. The van der Waals surface area contributed by atoms with Crippen LogP contribution in [0.4, 0.5) is 0 Å². The molecular weight excluding hydrogens is 1350 g/mol. The van der Waals surface area contributed by atoms with Crippen molar-refractivity contribution >= 4 is 133 Å². The van der Waals surface area contributed by atoms with Gasteiger partial charge in [-0.15, -0.1) is 0 Å². The number of para-hydroxylation sites is 4. The first-order chi connectivity index (χ1) is 52.9. The van der Waals surface area contributed by atoms with Crippen molar-refractivity contribution in [2.24, 2.45) is 0 Å². The molecule has 16 aromatic carbocycles. The molecule has 12 heteroatoms. The molecule has 1 fully saturated rings. The molecule has 0 amide bonds. The van der Waals surface area contributed by atoms with Gasteiger partial charge in [0.05, 0.1) is 11.2 Å². The predicted molar refractivity (Wildman–Crippen MR) is 444 cm³/mol. The highest BCUT2D eigenvalue weighted by Crippen LogP contribution is 2.46. The average molecular weight is 1410 g/mol. The van der Waals surface area contributed by atoms with Gasteiger partial charge in [-0.05, 0) is 139 Å². The van der Waals surface area contributed by atoms with Crippen molar-refractivity contribution in [3.63, 3.8) is 0 Å². The lowest BCUT2D eigenvalue weighted by Crippen LogP contribution is -2.41. The van der Waals surface area contributed by atoms with Gasteiger partial charge in [0.15, 0.2) is 29.1 Å². The highest BCUT2D eigenvalue weighted by molar-refractivity contribution is 6.66. The fourth-order valence-corrected chi connectivity index (χ4v) is 15.5. The second kappa shape index (κ2) is 26.8. The van der Waals surface area contributed by atoms with Crippen LogP contribution in [0.2, 0.25) is 5.28 Å². The van der Waals surface area contributed by atoms with Crippen LogP contribution in [0.25, 0.3) is 188 Å². The van der Waals surface area contributed by atoms with Crippen molar-refractivity contribution < 1.29 is 18.1 Å². The Morgan fingerprint density at radius 3 is 1.00 bits per heavy atom. The summed E-state index contributed by atoms with van der Waals surface area (Å²) in [6, 6.07) is 113. The van der Waals surface area contributed by atoms with E-state index in [1.165, 1.54) is 48.5 Å². The zero-order valence-electron chi connectivity index (χ0n) is 59.4. The molecule has 0 aliphatic carbocycles. The van der Waals surface area contributed by atoms with Gasteiger partial charge < -0.3 is 18.1 Å². The van der Waals surface area contributed by atoms with E-state index in [0.717, 1.165) is 116 Å². The molecule has 1 aliphatic heterocycles. The van der Waals surface area contributed by atoms with E-state index in [2.05, 4.69) is 225 Å². The van der Waals surface area contributed by atoms with Gasteiger partial charge in [0.2, 0.25) is 5.28 Å². The Morgan fingerprint density at radius 2 is 0.565 bits per heavy atom. The first kappa shape index (κ1) is 65.7. The normalized spacial score (nSPS) is 13.3. The Balaban J connectivity index is 0.000000120. The molecule has 10 nitrogen and oxygen atoms in total. The predicted octanol–water partition coefficient (Wildman–Crippen LogP) is 24.8. The highest BCUT2D eigenvalue weighted by atomic mass is 35.5. The Morgan fingerprint density at radius 1 is 0.250 bits per heavy atom. The summed E-state index contributed by atoms with van der Waals surface area (Å²) in [6.07, 6.45) is 0. The summed E-state index contributed by atoms with van der Waals surface area (Å²) in [5.41, 5.74) is 12.9. The van der Waals surface area contributed by atoms with Crippen molar-refractivity contribution in [2.45, 2.75) is 38.9 Å². The Hall–Kier alpha value is -13.0. The van der Waals surface area contributed by atoms with Crippen molar-refractivity contribution in [3.05, 3.63) is 333 Å². The summed E-state index contributed by atoms with van der Waals surface area (Å²) in [4.78, 5) is 28.1. The number of halogens is 1. The molecule has 108 heavy (non-hydrogen) atoms. The summed E-state index contributed by atoms with van der Waals surface area (Å²) in [6.45, 7) is 8.44. The fourth-order valence-electron chi connectivity index (χ4n) is 15.4. The molecular formula is C96H66BClN6O4. The fraction of sp³-hybridized carbons (Fsp3) is 0.0625. The number of hydrogen-bond donors (Lipinski definition) is 0. The van der Waals surface area contributed by atoms with E-state index in [0.29, 0.717) is 29.1 Å². The highest BCUT2D eigenvalue weighted by Gasteiger charge is 2.52. The van der Waals surface area contributed by atoms with Gasteiger partial charge in [-0.3, -0.25) is 0 Å². The number of hydrogen-bond acceptors (Lipinski definition) is 10. The van der Waals surface area contributed by atoms with E-state index in [4.69, 9.17) is 44.7 Å². The van der Waals surface area contributed by atoms with Gasteiger partial charge in [0.25, 0.3) is 0 Å². The zero-order valence-corrected chi connectivity index (χ0v) is 60.2. The summed E-state index contributed by atoms with van der Waals surface area (Å²) >= 11 is 5.99. The van der Waals surface area contributed by atoms with E-state index in [-0.39, 0.29) is 5.28 Å². The van der Waals surface area contributed by atoms with Gasteiger partial charge in [0.1, 0.15) is 22.3 Å². The van der Waals surface area contributed by atoms with Crippen molar-refractivity contribution in [1.82, 2.24) is 29.9 Å². The number of furan rings is 2. The van der Waals surface area contributed by atoms with Crippen molar-refractivity contribution in [1.29, 1.82) is 0 Å². The molecule has 0 atom stereocenters. The summed E-state index contributed by atoms with van der Waals surface area (Å²) in [5.74, 6) is 3.09. The van der Waals surface area contributed by atoms with E-state index in [1.54, 1.807) is 0 Å². The number of aromatic nitrogens is 6. The van der Waals surface area contributed by atoms with Crippen LogP contribution in [-0.4, -0.2) is 48.2 Å². The van der Waals surface area contributed by atoms with Crippen LogP contribution in [0.5, 0.6) is 0 Å². The molecule has 0 saturated carbocycles. The van der Waals surface area contributed by atoms with Crippen LogP contribution in [0.15, 0.2) is 336 Å². The zero-order chi connectivity index (χ0) is 72.6. The van der Waals surface area contributed by atoms with Gasteiger partial charge in [0, 0.05) is 65.9 Å². The molecule has 0 bridgehead atoms. The van der Waals surface area contributed by atoms with Crippen LogP contribution in [0, 0.1) is 0 Å². The third-order valence-corrected chi connectivity index (χ3v) is 21.5. The summed E-state index contributed by atoms with van der Waals surface area (Å²) in [7, 11) is -0.458. The minimum atomic E-state index is -0.458. The van der Waals surface area contributed by atoms with E-state index < -0.39 is 18.3 Å². The van der Waals surface area contributed by atoms with Crippen LogP contribution >= 0.6 is 11.6 Å². The molecule has 0 spiro atoms. The monoisotopic (exact) mass is 1410 g/mol. The quantitative estimate of drug-likeness (QED) is 0.107. The van der Waals surface area contributed by atoms with Gasteiger partial charge in [-0.1, -0.05) is 303 Å². The van der Waals surface area contributed by atoms with Crippen molar-refractivity contribution in [3.8, 4) is 79.2 Å². The topological polar surface area (TPSA) is 122 Å². The van der Waals surface area contributed by atoms with Gasteiger partial charge in [-0.25, -0.2) is 19.9 Å². The first-order valence-electron chi connectivity index (χ1n) is 36.3. The molecule has 20 aromatic rings. The summed E-state index contributed by atoms with van der Waals surface area (Å²) in [5, 5.41) is 18.9. The maximum Gasteiger partial charge on any atom is 0.495 e. The van der Waals surface area contributed by atoms with Crippen molar-refractivity contribution in [2.75, 3.05) is 0 Å². The Kier molecular flexibility index (Phi) is 16.3. The van der Waals surface area contributed by atoms with Gasteiger partial charge >= 0.3 is 7.12 Å². The smallest absolute Gasteiger partial charge is 0.455 e. The lowest BCUT2D eigenvalue weighted by molar-refractivity contribution is 0.00578. The van der Waals surface area contributed by atoms with Crippen LogP contribution in [0.1, 0.15) is 27.7 Å². The van der Waals surface area contributed by atoms with Crippen LogP contribution < -0.4 is 5.46 Å². The number of nitrogens with zero attached hydrogens (tertiary/aromatic N) is 6. The third-order valence-electron chi connectivity index (χ3n) is 21.3. The molecule has 1 aliphatic rings.